The van der Waals surface area contributed by atoms with Crippen LogP contribution in [0.15, 0.2) is 42.5 Å². The fraction of sp³-hybridized carbons (Fsp3) is 0.333. The Morgan fingerprint density at radius 1 is 1.04 bits per heavy atom. The summed E-state index contributed by atoms with van der Waals surface area (Å²) in [6.45, 7) is 1.88. The molecule has 1 saturated heterocycles. The van der Waals surface area contributed by atoms with E-state index in [9.17, 15) is 9.59 Å². The molecule has 2 aliphatic rings. The molecule has 2 amide bonds. The summed E-state index contributed by atoms with van der Waals surface area (Å²) in [5, 5.41) is 2.91. The van der Waals surface area contributed by atoms with Crippen LogP contribution in [0.1, 0.15) is 24.8 Å². The zero-order valence-corrected chi connectivity index (χ0v) is 15.1. The van der Waals surface area contributed by atoms with Crippen molar-refractivity contribution in [2.75, 3.05) is 30.0 Å². The zero-order valence-electron chi connectivity index (χ0n) is 15.1. The highest BCUT2D eigenvalue weighted by molar-refractivity contribution is 5.96. The monoisotopic (exact) mass is 366 g/mol. The summed E-state index contributed by atoms with van der Waals surface area (Å²) >= 11 is 0. The molecule has 6 heteroatoms. The van der Waals surface area contributed by atoms with Gasteiger partial charge in [-0.1, -0.05) is 6.07 Å². The number of benzene rings is 2. The Labute approximate surface area is 158 Å². The van der Waals surface area contributed by atoms with Gasteiger partial charge in [0.25, 0.3) is 0 Å². The summed E-state index contributed by atoms with van der Waals surface area (Å²) in [5.74, 6) is 1.61. The van der Waals surface area contributed by atoms with Crippen LogP contribution in [0.5, 0.6) is 11.5 Å². The molecule has 0 radical (unpaired) electrons. The minimum Gasteiger partial charge on any atom is -0.486 e. The molecule has 0 bridgehead atoms. The van der Waals surface area contributed by atoms with Crippen LogP contribution in [0, 0.1) is 0 Å². The molecule has 140 valence electrons. The van der Waals surface area contributed by atoms with Crippen molar-refractivity contribution >= 4 is 23.2 Å². The molecule has 2 aromatic rings. The van der Waals surface area contributed by atoms with Gasteiger partial charge in [0.15, 0.2) is 11.5 Å². The molecule has 0 saturated carbocycles. The van der Waals surface area contributed by atoms with Crippen LogP contribution in [0.3, 0.4) is 0 Å². The Morgan fingerprint density at radius 3 is 2.56 bits per heavy atom. The maximum Gasteiger partial charge on any atom is 0.227 e. The highest BCUT2D eigenvalue weighted by Crippen LogP contribution is 2.31. The fourth-order valence-corrected chi connectivity index (χ4v) is 3.37. The average Bonchev–Trinajstić information content (AvgIpc) is 3.13. The molecule has 1 fully saturated rings. The molecule has 2 aliphatic heterocycles. The second kappa shape index (κ2) is 7.70. The van der Waals surface area contributed by atoms with Gasteiger partial charge < -0.3 is 19.7 Å². The summed E-state index contributed by atoms with van der Waals surface area (Å²) in [4.78, 5) is 25.8. The molecule has 0 unspecified atom stereocenters. The molecular weight excluding hydrogens is 344 g/mol. The Kier molecular flexibility index (Phi) is 4.96. The van der Waals surface area contributed by atoms with Gasteiger partial charge >= 0.3 is 0 Å². The summed E-state index contributed by atoms with van der Waals surface area (Å²) in [7, 11) is 0. The highest BCUT2D eigenvalue weighted by atomic mass is 16.6. The molecule has 2 aromatic carbocycles. The number of hydrogen-bond acceptors (Lipinski definition) is 4. The highest BCUT2D eigenvalue weighted by Gasteiger charge is 2.21. The normalized spacial score (nSPS) is 15.7. The van der Waals surface area contributed by atoms with Crippen LogP contribution in [0.25, 0.3) is 0 Å². The van der Waals surface area contributed by atoms with Gasteiger partial charge in [-0.05, 0) is 54.8 Å². The number of nitrogens with zero attached hydrogens (tertiary/aromatic N) is 1. The van der Waals surface area contributed by atoms with Crippen molar-refractivity contribution in [3.63, 3.8) is 0 Å². The van der Waals surface area contributed by atoms with E-state index in [2.05, 4.69) is 5.32 Å². The number of anilines is 2. The maximum absolute atomic E-state index is 12.2. The van der Waals surface area contributed by atoms with E-state index in [0.29, 0.717) is 32.5 Å². The predicted molar refractivity (Wildman–Crippen MR) is 102 cm³/mol. The van der Waals surface area contributed by atoms with E-state index in [0.717, 1.165) is 41.4 Å². The first-order chi connectivity index (χ1) is 13.2. The van der Waals surface area contributed by atoms with Crippen molar-refractivity contribution in [1.82, 2.24) is 0 Å². The lowest BCUT2D eigenvalue weighted by Crippen LogP contribution is -2.23. The van der Waals surface area contributed by atoms with E-state index < -0.39 is 0 Å². The lowest BCUT2D eigenvalue weighted by Gasteiger charge is -2.18. The summed E-state index contributed by atoms with van der Waals surface area (Å²) < 4.78 is 11.1. The minimum absolute atomic E-state index is 0.0464. The summed E-state index contributed by atoms with van der Waals surface area (Å²) in [5.41, 5.74) is 2.65. The van der Waals surface area contributed by atoms with Gasteiger partial charge in [-0.3, -0.25) is 9.59 Å². The molecule has 4 rings (SSSR count). The van der Waals surface area contributed by atoms with Crippen LogP contribution in [0.4, 0.5) is 11.4 Å². The number of carbonyl (C=O) groups excluding carboxylic acids is 2. The van der Waals surface area contributed by atoms with Crippen LogP contribution < -0.4 is 19.7 Å². The maximum atomic E-state index is 12.2. The number of aryl methyl sites for hydroxylation is 1. The van der Waals surface area contributed by atoms with E-state index in [1.165, 1.54) is 0 Å². The third-order valence-electron chi connectivity index (χ3n) is 4.78. The van der Waals surface area contributed by atoms with Gasteiger partial charge in [0.2, 0.25) is 11.8 Å². The molecule has 0 aromatic heterocycles. The lowest BCUT2D eigenvalue weighted by molar-refractivity contribution is -0.117. The van der Waals surface area contributed by atoms with E-state index in [1.807, 2.05) is 42.5 Å². The number of amides is 2. The number of rotatable bonds is 5. The third-order valence-corrected chi connectivity index (χ3v) is 4.78. The number of fused-ring (bicyclic) bond motifs is 1. The van der Waals surface area contributed by atoms with Gasteiger partial charge in [-0.2, -0.15) is 0 Å². The smallest absolute Gasteiger partial charge is 0.227 e. The van der Waals surface area contributed by atoms with Crippen molar-refractivity contribution in [2.45, 2.75) is 25.7 Å². The van der Waals surface area contributed by atoms with Crippen LogP contribution in [0.2, 0.25) is 0 Å². The van der Waals surface area contributed by atoms with Gasteiger partial charge in [-0.15, -0.1) is 0 Å². The number of carbonyl (C=O) groups is 2. The Hall–Kier alpha value is -3.02. The quantitative estimate of drug-likeness (QED) is 0.883. The number of hydrogen-bond donors (Lipinski definition) is 1. The van der Waals surface area contributed by atoms with Crippen LogP contribution >= 0.6 is 0 Å². The molecule has 6 nitrogen and oxygen atoms in total. The fourth-order valence-electron chi connectivity index (χ4n) is 3.37. The van der Waals surface area contributed by atoms with Gasteiger partial charge in [-0.25, -0.2) is 0 Å². The van der Waals surface area contributed by atoms with Crippen molar-refractivity contribution < 1.29 is 19.1 Å². The number of nitrogens with one attached hydrogen (secondary N) is 1. The molecule has 0 atom stereocenters. The van der Waals surface area contributed by atoms with Crippen LogP contribution in [-0.4, -0.2) is 31.6 Å². The Bertz CT molecular complexity index is 848. The average molecular weight is 366 g/mol. The van der Waals surface area contributed by atoms with E-state index in [1.54, 1.807) is 4.90 Å². The van der Waals surface area contributed by atoms with Crippen molar-refractivity contribution in [2.24, 2.45) is 0 Å². The Balaban J connectivity index is 1.31. The minimum atomic E-state index is -0.0464. The van der Waals surface area contributed by atoms with E-state index in [4.69, 9.17) is 9.47 Å². The Morgan fingerprint density at radius 2 is 1.81 bits per heavy atom. The SMILES string of the molecule is O=C(CCc1ccc2c(c1)OCCO2)Nc1ccc(N2CCCC2=O)cc1. The van der Waals surface area contributed by atoms with E-state index in [-0.39, 0.29) is 11.8 Å². The third kappa shape index (κ3) is 4.05. The molecule has 1 N–H and O–H groups in total. The standard InChI is InChI=1S/C21H22N2O4/c24-20(10-4-15-3-9-18-19(14-15)27-13-12-26-18)22-16-5-7-17(8-6-16)23-11-1-2-21(23)25/h3,5-9,14H,1-2,4,10-13H2,(H,22,24). The molecular formula is C21H22N2O4. The summed E-state index contributed by atoms with van der Waals surface area (Å²) in [6.07, 6.45) is 2.52. The van der Waals surface area contributed by atoms with Gasteiger partial charge in [0.05, 0.1) is 0 Å². The molecule has 2 heterocycles. The second-order valence-electron chi connectivity index (χ2n) is 6.72. The molecule has 0 spiro atoms. The first kappa shape index (κ1) is 17.4. The first-order valence-electron chi connectivity index (χ1n) is 9.28. The topological polar surface area (TPSA) is 67.9 Å². The van der Waals surface area contributed by atoms with Crippen molar-refractivity contribution in [3.8, 4) is 11.5 Å². The largest absolute Gasteiger partial charge is 0.486 e. The zero-order chi connectivity index (χ0) is 18.6. The first-order valence-corrected chi connectivity index (χ1v) is 9.28. The van der Waals surface area contributed by atoms with E-state index >= 15 is 0 Å². The number of ether oxygens (including phenoxy) is 2. The summed E-state index contributed by atoms with van der Waals surface area (Å²) in [6, 6.07) is 13.2. The predicted octanol–water partition coefficient (Wildman–Crippen LogP) is 3.16. The van der Waals surface area contributed by atoms with Crippen molar-refractivity contribution in [3.05, 3.63) is 48.0 Å². The molecule has 27 heavy (non-hydrogen) atoms. The van der Waals surface area contributed by atoms with Gasteiger partial charge in [0, 0.05) is 30.8 Å². The lowest BCUT2D eigenvalue weighted by atomic mass is 10.1. The van der Waals surface area contributed by atoms with Crippen molar-refractivity contribution in [1.29, 1.82) is 0 Å². The van der Waals surface area contributed by atoms with Crippen LogP contribution in [-0.2, 0) is 16.0 Å². The van der Waals surface area contributed by atoms with Gasteiger partial charge in [0.1, 0.15) is 13.2 Å². The second-order valence-corrected chi connectivity index (χ2v) is 6.72. The molecule has 0 aliphatic carbocycles.